The van der Waals surface area contributed by atoms with Crippen LogP contribution in [0.1, 0.15) is 18.1 Å². The molecule has 0 radical (unpaired) electrons. The standard InChI is InChI=1S/C23H29N3O4.ClH/c1-2-29-23(28)26-13-11-25(12-14-26)22(27)21(24)16-19-9-6-10-20(15-19)30-17-18-7-4-3-5-8-18;/h3-10,15,21H,2,11-14,16-17,24H2,1H3;1H. The van der Waals surface area contributed by atoms with E-state index in [9.17, 15) is 9.59 Å². The summed E-state index contributed by atoms with van der Waals surface area (Å²) >= 11 is 0. The Hall–Kier alpha value is -2.77. The largest absolute Gasteiger partial charge is 0.489 e. The highest BCUT2D eigenvalue weighted by Crippen LogP contribution is 2.17. The van der Waals surface area contributed by atoms with E-state index < -0.39 is 6.04 Å². The molecule has 1 heterocycles. The molecule has 1 atom stereocenters. The number of rotatable bonds is 7. The number of hydrogen-bond acceptors (Lipinski definition) is 5. The normalized spacial score (nSPS) is 14.4. The van der Waals surface area contributed by atoms with Gasteiger partial charge >= 0.3 is 6.09 Å². The summed E-state index contributed by atoms with van der Waals surface area (Å²) in [5, 5.41) is 0. The fraction of sp³-hybridized carbons (Fsp3) is 0.391. The highest BCUT2D eigenvalue weighted by Gasteiger charge is 2.27. The molecular weight excluding hydrogens is 418 g/mol. The summed E-state index contributed by atoms with van der Waals surface area (Å²) in [5.41, 5.74) is 8.24. The lowest BCUT2D eigenvalue weighted by Crippen LogP contribution is -2.54. The van der Waals surface area contributed by atoms with Crippen molar-refractivity contribution in [1.82, 2.24) is 9.80 Å². The first-order valence-corrected chi connectivity index (χ1v) is 10.3. The number of amides is 2. The Bertz CT molecular complexity index is 842. The lowest BCUT2D eigenvalue weighted by atomic mass is 10.0. The molecule has 2 aromatic rings. The zero-order chi connectivity index (χ0) is 21.3. The molecule has 2 amide bonds. The molecule has 0 aliphatic carbocycles. The Kier molecular flexibility index (Phi) is 9.62. The van der Waals surface area contributed by atoms with E-state index in [0.717, 1.165) is 16.9 Å². The van der Waals surface area contributed by atoms with Crippen molar-refractivity contribution in [3.8, 4) is 5.75 Å². The molecule has 1 aliphatic rings. The van der Waals surface area contributed by atoms with Gasteiger partial charge in [-0.15, -0.1) is 12.4 Å². The quantitative estimate of drug-likeness (QED) is 0.705. The maximum absolute atomic E-state index is 12.7. The first-order valence-electron chi connectivity index (χ1n) is 10.3. The van der Waals surface area contributed by atoms with Gasteiger partial charge in [-0.2, -0.15) is 0 Å². The molecule has 168 valence electrons. The van der Waals surface area contributed by atoms with Gasteiger partial charge in [-0.05, 0) is 36.6 Å². The maximum atomic E-state index is 12.7. The minimum atomic E-state index is -0.636. The number of carbonyl (C=O) groups is 2. The molecule has 0 aromatic heterocycles. The Morgan fingerprint density at radius 3 is 2.29 bits per heavy atom. The van der Waals surface area contributed by atoms with Gasteiger partial charge in [-0.25, -0.2) is 4.79 Å². The number of carbonyl (C=O) groups excluding carboxylic acids is 2. The van der Waals surface area contributed by atoms with E-state index in [0.29, 0.717) is 45.8 Å². The van der Waals surface area contributed by atoms with E-state index in [2.05, 4.69) is 0 Å². The van der Waals surface area contributed by atoms with Crippen molar-refractivity contribution in [2.45, 2.75) is 26.0 Å². The average molecular weight is 448 g/mol. The first-order chi connectivity index (χ1) is 14.6. The number of nitrogens with two attached hydrogens (primary N) is 1. The number of piperazine rings is 1. The fourth-order valence-corrected chi connectivity index (χ4v) is 3.40. The Morgan fingerprint density at radius 2 is 1.61 bits per heavy atom. The van der Waals surface area contributed by atoms with Crippen molar-refractivity contribution in [1.29, 1.82) is 0 Å². The summed E-state index contributed by atoms with van der Waals surface area (Å²) in [6.07, 6.45) is 0.0978. The fourth-order valence-electron chi connectivity index (χ4n) is 3.40. The number of halogens is 1. The van der Waals surface area contributed by atoms with Gasteiger partial charge in [0, 0.05) is 26.2 Å². The molecule has 1 saturated heterocycles. The van der Waals surface area contributed by atoms with Crippen LogP contribution in [-0.2, 0) is 22.6 Å². The van der Waals surface area contributed by atoms with E-state index in [-0.39, 0.29) is 24.4 Å². The molecule has 3 rings (SSSR count). The molecule has 0 spiro atoms. The summed E-state index contributed by atoms with van der Waals surface area (Å²) in [4.78, 5) is 27.9. The lowest BCUT2D eigenvalue weighted by molar-refractivity contribution is -0.134. The summed E-state index contributed by atoms with van der Waals surface area (Å²) in [5.74, 6) is 0.646. The highest BCUT2D eigenvalue weighted by molar-refractivity contribution is 5.85. The SMILES string of the molecule is CCOC(=O)N1CCN(C(=O)C(N)Cc2cccc(OCc3ccccc3)c2)CC1.Cl. The number of hydrogen-bond donors (Lipinski definition) is 1. The van der Waals surface area contributed by atoms with Crippen molar-refractivity contribution in [3.05, 3.63) is 65.7 Å². The second-order valence-electron chi connectivity index (χ2n) is 7.24. The van der Waals surface area contributed by atoms with Crippen LogP contribution >= 0.6 is 12.4 Å². The molecule has 8 heteroatoms. The average Bonchev–Trinajstić information content (AvgIpc) is 2.78. The third-order valence-corrected chi connectivity index (χ3v) is 5.04. The lowest BCUT2D eigenvalue weighted by Gasteiger charge is -2.35. The van der Waals surface area contributed by atoms with Gasteiger partial charge in [0.2, 0.25) is 5.91 Å². The number of ether oxygens (including phenoxy) is 2. The van der Waals surface area contributed by atoms with E-state index in [1.54, 1.807) is 16.7 Å². The maximum Gasteiger partial charge on any atom is 0.409 e. The smallest absolute Gasteiger partial charge is 0.409 e. The highest BCUT2D eigenvalue weighted by atomic mass is 35.5. The minimum Gasteiger partial charge on any atom is -0.489 e. The van der Waals surface area contributed by atoms with Gasteiger partial charge in [0.1, 0.15) is 12.4 Å². The van der Waals surface area contributed by atoms with E-state index in [1.165, 1.54) is 0 Å². The van der Waals surface area contributed by atoms with Crippen LogP contribution < -0.4 is 10.5 Å². The van der Waals surface area contributed by atoms with Crippen molar-refractivity contribution < 1.29 is 19.1 Å². The zero-order valence-corrected chi connectivity index (χ0v) is 18.6. The summed E-state index contributed by atoms with van der Waals surface area (Å²) in [6, 6.07) is 17.0. The second-order valence-corrected chi connectivity index (χ2v) is 7.24. The van der Waals surface area contributed by atoms with Crippen molar-refractivity contribution >= 4 is 24.4 Å². The topological polar surface area (TPSA) is 85.1 Å². The molecule has 1 aliphatic heterocycles. The Labute approximate surface area is 189 Å². The number of benzene rings is 2. The predicted octanol–water partition coefficient (Wildman–Crippen LogP) is 2.86. The predicted molar refractivity (Wildman–Crippen MR) is 121 cm³/mol. The van der Waals surface area contributed by atoms with Crippen molar-refractivity contribution in [3.63, 3.8) is 0 Å². The van der Waals surface area contributed by atoms with Crippen LogP contribution in [0.15, 0.2) is 54.6 Å². The molecule has 2 N–H and O–H groups in total. The molecule has 0 bridgehead atoms. The van der Waals surface area contributed by atoms with Crippen LogP contribution in [-0.4, -0.2) is 60.6 Å². The van der Waals surface area contributed by atoms with Gasteiger partial charge in [-0.3, -0.25) is 4.79 Å². The third kappa shape index (κ3) is 7.15. The molecular formula is C23H30ClN3O4. The van der Waals surface area contributed by atoms with E-state index in [4.69, 9.17) is 15.2 Å². The van der Waals surface area contributed by atoms with Gasteiger partial charge in [0.15, 0.2) is 0 Å². The van der Waals surface area contributed by atoms with Crippen LogP contribution in [0.5, 0.6) is 5.75 Å². The van der Waals surface area contributed by atoms with Crippen LogP contribution in [0, 0.1) is 0 Å². The second kappa shape index (κ2) is 12.2. The molecule has 0 saturated carbocycles. The van der Waals surface area contributed by atoms with Gasteiger partial charge in [0.25, 0.3) is 0 Å². The van der Waals surface area contributed by atoms with Crippen molar-refractivity contribution in [2.24, 2.45) is 5.73 Å². The summed E-state index contributed by atoms with van der Waals surface area (Å²) in [7, 11) is 0. The summed E-state index contributed by atoms with van der Waals surface area (Å²) < 4.78 is 10.9. The zero-order valence-electron chi connectivity index (χ0n) is 17.7. The van der Waals surface area contributed by atoms with E-state index in [1.807, 2.05) is 54.6 Å². The van der Waals surface area contributed by atoms with Gasteiger partial charge in [-0.1, -0.05) is 42.5 Å². The summed E-state index contributed by atoms with van der Waals surface area (Å²) in [6.45, 7) is 4.45. The van der Waals surface area contributed by atoms with Gasteiger partial charge < -0.3 is 25.0 Å². The molecule has 1 unspecified atom stereocenters. The van der Waals surface area contributed by atoms with Crippen LogP contribution in [0.25, 0.3) is 0 Å². The minimum absolute atomic E-state index is 0. The molecule has 1 fully saturated rings. The van der Waals surface area contributed by atoms with Crippen LogP contribution in [0.2, 0.25) is 0 Å². The molecule has 7 nitrogen and oxygen atoms in total. The molecule has 31 heavy (non-hydrogen) atoms. The van der Waals surface area contributed by atoms with Crippen molar-refractivity contribution in [2.75, 3.05) is 32.8 Å². The van der Waals surface area contributed by atoms with E-state index >= 15 is 0 Å². The van der Waals surface area contributed by atoms with Crippen LogP contribution in [0.4, 0.5) is 4.79 Å². The first kappa shape index (κ1) is 24.5. The van der Waals surface area contributed by atoms with Crippen LogP contribution in [0.3, 0.4) is 0 Å². The number of nitrogens with zero attached hydrogens (tertiary/aromatic N) is 2. The third-order valence-electron chi connectivity index (χ3n) is 5.04. The molecule has 2 aromatic carbocycles. The monoisotopic (exact) mass is 447 g/mol. The van der Waals surface area contributed by atoms with Gasteiger partial charge in [0.05, 0.1) is 12.6 Å². The Morgan fingerprint density at radius 1 is 0.968 bits per heavy atom. The Balaban J connectivity index is 0.00000341.